The molecule has 0 bridgehead atoms. The van der Waals surface area contributed by atoms with Crippen molar-refractivity contribution in [2.45, 2.75) is 4.90 Å². The molecule has 6 heteroatoms. The maximum Gasteiger partial charge on any atom is 0.323 e. The van der Waals surface area contributed by atoms with Gasteiger partial charge in [-0.25, -0.2) is 4.79 Å². The molecule has 0 atom stereocenters. The van der Waals surface area contributed by atoms with Crippen molar-refractivity contribution in [2.75, 3.05) is 16.9 Å². The molecule has 2 aromatic carbocycles. The Balaban J connectivity index is 2.00. The number of amides is 2. The zero-order chi connectivity index (χ0) is 15.2. The fourth-order valence-electron chi connectivity index (χ4n) is 1.73. The molecule has 0 unspecified atom stereocenters. The number of carbonyl (C=O) groups excluding carboxylic acids is 1. The van der Waals surface area contributed by atoms with Crippen LogP contribution in [-0.2, 0) is 0 Å². The minimum atomic E-state index is -0.340. The van der Waals surface area contributed by atoms with Gasteiger partial charge in [-0.05, 0) is 42.7 Å². The second kappa shape index (κ2) is 6.81. The van der Waals surface area contributed by atoms with E-state index in [9.17, 15) is 4.79 Å². The quantitative estimate of drug-likeness (QED) is 0.396. The second-order valence-electron chi connectivity index (χ2n) is 4.30. The van der Waals surface area contributed by atoms with Crippen molar-refractivity contribution >= 4 is 35.0 Å². The van der Waals surface area contributed by atoms with Gasteiger partial charge in [0.05, 0.1) is 0 Å². The minimum Gasteiger partial charge on any atom is -0.384 e. The number of thioether (sulfide) groups is 1. The van der Waals surface area contributed by atoms with E-state index < -0.39 is 0 Å². The van der Waals surface area contributed by atoms with Crippen molar-refractivity contribution < 1.29 is 4.79 Å². The van der Waals surface area contributed by atoms with Crippen LogP contribution in [0.25, 0.3) is 0 Å². The van der Waals surface area contributed by atoms with Crippen LogP contribution in [0, 0.1) is 5.41 Å². The summed E-state index contributed by atoms with van der Waals surface area (Å²) in [6.45, 7) is 0. The van der Waals surface area contributed by atoms with Gasteiger partial charge in [0.25, 0.3) is 0 Å². The van der Waals surface area contributed by atoms with Crippen molar-refractivity contribution in [3.63, 3.8) is 0 Å². The summed E-state index contributed by atoms with van der Waals surface area (Å²) >= 11 is 1.64. The van der Waals surface area contributed by atoms with E-state index in [0.29, 0.717) is 16.9 Å². The van der Waals surface area contributed by atoms with Gasteiger partial charge in [0.1, 0.15) is 5.84 Å². The average molecular weight is 300 g/mol. The Morgan fingerprint density at radius 1 is 1.10 bits per heavy atom. The lowest BCUT2D eigenvalue weighted by Gasteiger charge is -2.09. The van der Waals surface area contributed by atoms with Gasteiger partial charge in [0, 0.05) is 21.8 Å². The number of hydrogen-bond donors (Lipinski definition) is 4. The third kappa shape index (κ3) is 4.25. The van der Waals surface area contributed by atoms with Crippen LogP contribution in [0.4, 0.5) is 16.2 Å². The molecule has 0 aliphatic rings. The molecule has 2 rings (SSSR count). The Labute approximate surface area is 127 Å². The van der Waals surface area contributed by atoms with Gasteiger partial charge in [-0.2, -0.15) is 0 Å². The summed E-state index contributed by atoms with van der Waals surface area (Å²) in [6.07, 6.45) is 2.00. The van der Waals surface area contributed by atoms with Crippen molar-refractivity contribution in [2.24, 2.45) is 5.73 Å². The van der Waals surface area contributed by atoms with Crippen LogP contribution in [0.5, 0.6) is 0 Å². The summed E-state index contributed by atoms with van der Waals surface area (Å²) in [5.41, 5.74) is 7.28. The van der Waals surface area contributed by atoms with E-state index in [-0.39, 0.29) is 11.9 Å². The highest BCUT2D eigenvalue weighted by molar-refractivity contribution is 7.98. The molecular formula is C15H16N4OS. The smallest absolute Gasteiger partial charge is 0.323 e. The highest BCUT2D eigenvalue weighted by Gasteiger charge is 2.04. The van der Waals surface area contributed by atoms with Gasteiger partial charge in [0.15, 0.2) is 0 Å². The third-order valence-corrected chi connectivity index (χ3v) is 3.52. The predicted molar refractivity (Wildman–Crippen MR) is 88.3 cm³/mol. The van der Waals surface area contributed by atoms with Crippen molar-refractivity contribution in [1.82, 2.24) is 0 Å². The van der Waals surface area contributed by atoms with Crippen LogP contribution in [0.1, 0.15) is 5.56 Å². The normalized spacial score (nSPS) is 9.95. The van der Waals surface area contributed by atoms with E-state index in [2.05, 4.69) is 10.6 Å². The number of hydrogen-bond acceptors (Lipinski definition) is 3. The lowest BCUT2D eigenvalue weighted by atomic mass is 10.2. The fraction of sp³-hybridized carbons (Fsp3) is 0.0667. The van der Waals surface area contributed by atoms with Crippen molar-refractivity contribution in [3.8, 4) is 0 Å². The van der Waals surface area contributed by atoms with Crippen LogP contribution in [0.2, 0.25) is 0 Å². The first-order chi connectivity index (χ1) is 10.1. The second-order valence-corrected chi connectivity index (χ2v) is 5.18. The molecule has 2 amide bonds. The average Bonchev–Trinajstić information content (AvgIpc) is 2.48. The van der Waals surface area contributed by atoms with Gasteiger partial charge >= 0.3 is 6.03 Å². The lowest BCUT2D eigenvalue weighted by Crippen LogP contribution is -2.20. The van der Waals surface area contributed by atoms with Gasteiger partial charge in [0.2, 0.25) is 0 Å². The highest BCUT2D eigenvalue weighted by Crippen LogP contribution is 2.18. The summed E-state index contributed by atoms with van der Waals surface area (Å²) in [7, 11) is 0. The van der Waals surface area contributed by atoms with E-state index in [0.717, 1.165) is 4.90 Å². The first-order valence-electron chi connectivity index (χ1n) is 6.25. The summed E-state index contributed by atoms with van der Waals surface area (Å²) in [5.74, 6) is -0.0355. The predicted octanol–water partition coefficient (Wildman–Crippen LogP) is 3.34. The number of nitrogens with two attached hydrogens (primary N) is 1. The molecule has 21 heavy (non-hydrogen) atoms. The standard InChI is InChI=1S/C15H16N4OS/c1-21-13-7-5-11(6-8-13)18-15(20)19-12-4-2-3-10(9-12)14(16)17/h2-9H,1H3,(H3,16,17)(H2,18,19,20). The molecular weight excluding hydrogens is 284 g/mol. The number of carbonyl (C=O) groups is 1. The molecule has 0 saturated carbocycles. The van der Waals surface area contributed by atoms with E-state index in [1.54, 1.807) is 36.0 Å². The molecule has 0 saturated heterocycles. The number of urea groups is 1. The number of anilines is 2. The van der Waals surface area contributed by atoms with Crippen LogP contribution >= 0.6 is 11.8 Å². The monoisotopic (exact) mass is 300 g/mol. The number of rotatable bonds is 4. The highest BCUT2D eigenvalue weighted by atomic mass is 32.2. The molecule has 0 aliphatic heterocycles. The van der Waals surface area contributed by atoms with Crippen LogP contribution < -0.4 is 16.4 Å². The topological polar surface area (TPSA) is 91.0 Å². The number of amidine groups is 1. The molecule has 5 nitrogen and oxygen atoms in total. The van der Waals surface area contributed by atoms with Gasteiger partial charge < -0.3 is 16.4 Å². The molecule has 2 aromatic rings. The summed E-state index contributed by atoms with van der Waals surface area (Å²) in [4.78, 5) is 13.0. The Hall–Kier alpha value is -2.47. The van der Waals surface area contributed by atoms with Crippen LogP contribution in [0.3, 0.4) is 0 Å². The Kier molecular flexibility index (Phi) is 4.84. The molecule has 0 radical (unpaired) electrons. The van der Waals surface area contributed by atoms with Crippen molar-refractivity contribution in [3.05, 3.63) is 54.1 Å². The zero-order valence-electron chi connectivity index (χ0n) is 11.5. The van der Waals surface area contributed by atoms with Crippen LogP contribution in [-0.4, -0.2) is 18.1 Å². The number of benzene rings is 2. The fourth-order valence-corrected chi connectivity index (χ4v) is 2.14. The van der Waals surface area contributed by atoms with Crippen LogP contribution in [0.15, 0.2) is 53.4 Å². The molecule has 0 spiro atoms. The maximum atomic E-state index is 11.9. The van der Waals surface area contributed by atoms with E-state index >= 15 is 0 Å². The Bertz CT molecular complexity index is 655. The maximum absolute atomic E-state index is 11.9. The molecule has 0 heterocycles. The Morgan fingerprint density at radius 2 is 1.76 bits per heavy atom. The summed E-state index contributed by atoms with van der Waals surface area (Å²) < 4.78 is 0. The minimum absolute atomic E-state index is 0.0355. The third-order valence-electron chi connectivity index (χ3n) is 2.78. The van der Waals surface area contributed by atoms with Gasteiger partial charge in [-0.3, -0.25) is 5.41 Å². The number of nitrogen functional groups attached to an aromatic ring is 1. The first-order valence-corrected chi connectivity index (χ1v) is 7.47. The number of nitrogens with one attached hydrogen (secondary N) is 3. The molecule has 5 N–H and O–H groups in total. The van der Waals surface area contributed by atoms with E-state index in [4.69, 9.17) is 11.1 Å². The van der Waals surface area contributed by atoms with Crippen molar-refractivity contribution in [1.29, 1.82) is 5.41 Å². The van der Waals surface area contributed by atoms with E-state index in [1.807, 2.05) is 30.5 Å². The molecule has 0 aromatic heterocycles. The molecule has 108 valence electrons. The largest absolute Gasteiger partial charge is 0.384 e. The summed E-state index contributed by atoms with van der Waals surface area (Å²) in [5, 5.41) is 12.8. The zero-order valence-corrected chi connectivity index (χ0v) is 12.3. The van der Waals surface area contributed by atoms with E-state index in [1.165, 1.54) is 0 Å². The van der Waals surface area contributed by atoms with Gasteiger partial charge in [-0.15, -0.1) is 11.8 Å². The Morgan fingerprint density at radius 3 is 2.38 bits per heavy atom. The lowest BCUT2D eigenvalue weighted by molar-refractivity contribution is 0.262. The molecule has 0 fully saturated rings. The molecule has 0 aliphatic carbocycles. The summed E-state index contributed by atoms with van der Waals surface area (Å²) in [6, 6.07) is 14.1. The SMILES string of the molecule is CSc1ccc(NC(=O)Nc2cccc(C(=N)N)c2)cc1. The van der Waals surface area contributed by atoms with Gasteiger partial charge in [-0.1, -0.05) is 12.1 Å². The first kappa shape index (κ1) is 14.9.